The second kappa shape index (κ2) is 7.01. The molecule has 2 aromatic rings. The summed E-state index contributed by atoms with van der Waals surface area (Å²) < 4.78 is 1.94. The number of carbonyl (C=O) groups is 1. The largest absolute Gasteiger partial charge is 0.370 e. The Morgan fingerprint density at radius 1 is 1.31 bits per heavy atom. The lowest BCUT2D eigenvalue weighted by Gasteiger charge is -2.21. The number of anilines is 1. The van der Waals surface area contributed by atoms with Gasteiger partial charge in [0.2, 0.25) is 0 Å². The number of nitrogens with one attached hydrogen (secondary N) is 1. The second-order valence-corrected chi connectivity index (χ2v) is 8.83. The molecule has 2 saturated carbocycles. The fraction of sp³-hybridized carbons (Fsp3) is 0.522. The molecular formula is C23H29N5O. The Labute approximate surface area is 172 Å². The first-order chi connectivity index (χ1) is 14.1. The summed E-state index contributed by atoms with van der Waals surface area (Å²) in [7, 11) is 1.94. The molecule has 152 valence electrons. The van der Waals surface area contributed by atoms with Gasteiger partial charge < -0.3 is 14.8 Å². The Morgan fingerprint density at radius 2 is 2.17 bits per heavy atom. The molecule has 0 aliphatic heterocycles. The van der Waals surface area contributed by atoms with Gasteiger partial charge in [-0.15, -0.1) is 0 Å². The topological polar surface area (TPSA) is 63.1 Å². The maximum atomic E-state index is 12.9. The number of allylic oxidation sites excluding steroid dienone is 2. The number of hydrogen-bond donors (Lipinski definition) is 1. The molecule has 6 heteroatoms. The molecule has 5 rings (SSSR count). The van der Waals surface area contributed by atoms with E-state index >= 15 is 0 Å². The molecular weight excluding hydrogens is 362 g/mol. The Morgan fingerprint density at radius 3 is 2.79 bits per heavy atom. The van der Waals surface area contributed by atoms with Crippen molar-refractivity contribution in [2.45, 2.75) is 32.7 Å². The summed E-state index contributed by atoms with van der Waals surface area (Å²) >= 11 is 0. The third-order valence-corrected chi connectivity index (χ3v) is 7.32. The lowest BCUT2D eigenvalue weighted by molar-refractivity contribution is 0.0747. The van der Waals surface area contributed by atoms with Crippen LogP contribution in [0.3, 0.4) is 0 Å². The molecule has 29 heavy (non-hydrogen) atoms. The van der Waals surface area contributed by atoms with Crippen LogP contribution in [-0.2, 0) is 13.6 Å². The molecule has 6 nitrogen and oxygen atoms in total. The summed E-state index contributed by atoms with van der Waals surface area (Å²) in [6.07, 6.45) is 14.4. The van der Waals surface area contributed by atoms with Crippen molar-refractivity contribution >= 4 is 11.7 Å². The maximum Gasteiger partial charge on any atom is 0.255 e. The molecule has 0 radical (unpaired) electrons. The van der Waals surface area contributed by atoms with Crippen molar-refractivity contribution in [1.82, 2.24) is 19.4 Å². The number of nitrogens with zero attached hydrogens (tertiary/aromatic N) is 4. The van der Waals surface area contributed by atoms with E-state index in [9.17, 15) is 4.79 Å². The summed E-state index contributed by atoms with van der Waals surface area (Å²) in [5.41, 5.74) is 1.25. The van der Waals surface area contributed by atoms with Crippen LogP contribution in [0.15, 0.2) is 42.9 Å². The van der Waals surface area contributed by atoms with Gasteiger partial charge in [-0.1, -0.05) is 12.2 Å². The fourth-order valence-corrected chi connectivity index (χ4v) is 5.45. The van der Waals surface area contributed by atoms with Crippen LogP contribution in [-0.4, -0.2) is 38.4 Å². The standard InChI is InChI=1S/C23H29N5O/c1-3-28(15-21-24-10-11-27(21)2)22(29)16-4-7-20(25-13-16)26-14-17-12-18-5-6-19(17)23(18)8-9-23/h4-7,10-11,13,17-19H,3,8-9,12,14-15H2,1-2H3,(H,25,26)/t17-,18-,19-/m0/s1. The molecule has 0 saturated heterocycles. The van der Waals surface area contributed by atoms with E-state index in [1.54, 1.807) is 17.3 Å². The van der Waals surface area contributed by atoms with Crippen molar-refractivity contribution in [2.24, 2.45) is 30.2 Å². The zero-order valence-electron chi connectivity index (χ0n) is 17.2. The van der Waals surface area contributed by atoms with E-state index in [-0.39, 0.29) is 5.91 Å². The van der Waals surface area contributed by atoms with E-state index in [0.717, 1.165) is 30.0 Å². The van der Waals surface area contributed by atoms with Crippen LogP contribution < -0.4 is 5.32 Å². The van der Waals surface area contributed by atoms with Crippen LogP contribution in [0.4, 0.5) is 5.82 Å². The molecule has 3 aliphatic rings. The third kappa shape index (κ3) is 3.15. The zero-order chi connectivity index (χ0) is 20.0. The van der Waals surface area contributed by atoms with Gasteiger partial charge in [0, 0.05) is 38.7 Å². The molecule has 1 amide bonds. The van der Waals surface area contributed by atoms with Gasteiger partial charge in [-0.2, -0.15) is 0 Å². The van der Waals surface area contributed by atoms with E-state index in [0.29, 0.717) is 30.0 Å². The van der Waals surface area contributed by atoms with Crippen LogP contribution >= 0.6 is 0 Å². The molecule has 0 unspecified atom stereocenters. The summed E-state index contributed by atoms with van der Waals surface area (Å²) in [6, 6.07) is 3.81. The Kier molecular flexibility index (Phi) is 4.45. The molecule has 0 aromatic carbocycles. The smallest absolute Gasteiger partial charge is 0.255 e. The van der Waals surface area contributed by atoms with Crippen LogP contribution in [0.5, 0.6) is 0 Å². The first-order valence-electron chi connectivity index (χ1n) is 10.7. The Hall–Kier alpha value is -2.63. The van der Waals surface area contributed by atoms with Gasteiger partial charge in [0.15, 0.2) is 0 Å². The van der Waals surface area contributed by atoms with Gasteiger partial charge in [0.05, 0.1) is 12.1 Å². The monoisotopic (exact) mass is 391 g/mol. The summed E-state index contributed by atoms with van der Waals surface area (Å²) in [5.74, 6) is 3.99. The fourth-order valence-electron chi connectivity index (χ4n) is 5.45. The zero-order valence-corrected chi connectivity index (χ0v) is 17.2. The third-order valence-electron chi connectivity index (χ3n) is 7.32. The molecule has 3 aliphatic carbocycles. The molecule has 2 fully saturated rings. The normalized spacial score (nSPS) is 25.5. The number of rotatable bonds is 7. The van der Waals surface area contributed by atoms with E-state index in [1.807, 2.05) is 36.9 Å². The van der Waals surface area contributed by atoms with Crippen LogP contribution in [0.1, 0.15) is 42.4 Å². The van der Waals surface area contributed by atoms with Gasteiger partial charge in [0.1, 0.15) is 11.6 Å². The minimum atomic E-state index is -0.0107. The first-order valence-corrected chi connectivity index (χ1v) is 10.7. The van der Waals surface area contributed by atoms with Gasteiger partial charge in [-0.3, -0.25) is 4.79 Å². The van der Waals surface area contributed by atoms with Crippen molar-refractivity contribution in [3.63, 3.8) is 0 Å². The molecule has 2 heterocycles. The molecule has 2 aromatic heterocycles. The van der Waals surface area contributed by atoms with Crippen LogP contribution in [0.2, 0.25) is 0 Å². The highest BCUT2D eigenvalue weighted by atomic mass is 16.2. The number of aromatic nitrogens is 3. The van der Waals surface area contributed by atoms with Crippen LogP contribution in [0.25, 0.3) is 0 Å². The first kappa shape index (κ1) is 18.4. The number of amides is 1. The van der Waals surface area contributed by atoms with Crippen molar-refractivity contribution in [1.29, 1.82) is 0 Å². The highest BCUT2D eigenvalue weighted by Gasteiger charge is 2.62. The summed E-state index contributed by atoms with van der Waals surface area (Å²) in [4.78, 5) is 23.5. The average Bonchev–Trinajstić information content (AvgIpc) is 3.24. The lowest BCUT2D eigenvalue weighted by atomic mass is 9.89. The van der Waals surface area contributed by atoms with Crippen molar-refractivity contribution in [2.75, 3.05) is 18.4 Å². The van der Waals surface area contributed by atoms with Gasteiger partial charge in [-0.25, -0.2) is 9.97 Å². The quantitative estimate of drug-likeness (QED) is 0.734. The number of pyridine rings is 1. The van der Waals surface area contributed by atoms with Crippen molar-refractivity contribution in [3.05, 3.63) is 54.3 Å². The van der Waals surface area contributed by atoms with Crippen LogP contribution in [0, 0.1) is 23.2 Å². The van der Waals surface area contributed by atoms with E-state index in [1.165, 1.54) is 19.3 Å². The van der Waals surface area contributed by atoms with Gasteiger partial charge >= 0.3 is 0 Å². The average molecular weight is 392 g/mol. The number of hydrogen-bond acceptors (Lipinski definition) is 4. The predicted octanol–water partition coefficient (Wildman–Crippen LogP) is 3.49. The lowest BCUT2D eigenvalue weighted by Crippen LogP contribution is -2.31. The SMILES string of the molecule is CCN(Cc1nccn1C)C(=O)c1ccc(NC[C@@H]2C[C@@H]3C=C[C@@H]2C32CC2)nc1. The van der Waals surface area contributed by atoms with Gasteiger partial charge in [-0.05, 0) is 61.5 Å². The summed E-state index contributed by atoms with van der Waals surface area (Å²) in [6.45, 7) is 4.08. The number of carbonyl (C=O) groups excluding carboxylic acids is 1. The van der Waals surface area contributed by atoms with Gasteiger partial charge in [0.25, 0.3) is 5.91 Å². The highest BCUT2D eigenvalue weighted by Crippen LogP contribution is 2.70. The molecule has 3 atom stereocenters. The van der Waals surface area contributed by atoms with Crippen molar-refractivity contribution in [3.8, 4) is 0 Å². The Bertz CT molecular complexity index is 927. The van der Waals surface area contributed by atoms with E-state index in [2.05, 4.69) is 27.4 Å². The molecule has 1 N–H and O–H groups in total. The predicted molar refractivity (Wildman–Crippen MR) is 112 cm³/mol. The van der Waals surface area contributed by atoms with E-state index < -0.39 is 0 Å². The highest BCUT2D eigenvalue weighted by molar-refractivity contribution is 5.94. The maximum absolute atomic E-state index is 12.9. The second-order valence-electron chi connectivity index (χ2n) is 8.83. The number of imidazole rings is 1. The molecule has 1 spiro atoms. The van der Waals surface area contributed by atoms with Crippen molar-refractivity contribution < 1.29 is 4.79 Å². The van der Waals surface area contributed by atoms with E-state index in [4.69, 9.17) is 0 Å². The minimum absolute atomic E-state index is 0.0107. The minimum Gasteiger partial charge on any atom is -0.370 e. The Balaban J connectivity index is 1.19. The number of aryl methyl sites for hydroxylation is 1. The molecule has 2 bridgehead atoms. The summed E-state index contributed by atoms with van der Waals surface area (Å²) in [5, 5.41) is 3.51.